The largest absolute Gasteiger partial charge is 0.496 e. The van der Waals surface area contributed by atoms with E-state index in [0.29, 0.717) is 18.4 Å². The van der Waals surface area contributed by atoms with Crippen LogP contribution in [0.25, 0.3) is 0 Å². The number of amidine groups is 1. The number of aliphatic carboxylic acids is 1. The molecular formula is C30H34N2O5S2. The Morgan fingerprint density at radius 1 is 1.08 bits per heavy atom. The van der Waals surface area contributed by atoms with Crippen LogP contribution in [0.1, 0.15) is 42.9 Å². The van der Waals surface area contributed by atoms with Gasteiger partial charge < -0.3 is 15.2 Å². The molecule has 0 bridgehead atoms. The number of nitrogens with one attached hydrogen (secondary N) is 1. The summed E-state index contributed by atoms with van der Waals surface area (Å²) in [6.45, 7) is 4.23. The maximum Gasteiger partial charge on any atom is 0.303 e. The number of hydrogen-bond acceptors (Lipinski definition) is 7. The van der Waals surface area contributed by atoms with Gasteiger partial charge in [0.1, 0.15) is 5.75 Å². The number of aryl methyl sites for hydroxylation is 2. The summed E-state index contributed by atoms with van der Waals surface area (Å²) in [7, 11) is -2.03. The first-order chi connectivity index (χ1) is 18.5. The van der Waals surface area contributed by atoms with Crippen molar-refractivity contribution >= 4 is 38.4 Å². The van der Waals surface area contributed by atoms with Crippen molar-refractivity contribution < 1.29 is 23.1 Å². The highest BCUT2D eigenvalue weighted by atomic mass is 32.2. The number of sulfone groups is 1. The van der Waals surface area contributed by atoms with Gasteiger partial charge in [0, 0.05) is 17.4 Å². The van der Waals surface area contributed by atoms with Gasteiger partial charge in [-0.2, -0.15) is 0 Å². The lowest BCUT2D eigenvalue weighted by atomic mass is 9.98. The minimum absolute atomic E-state index is 0.0688. The topological polar surface area (TPSA) is 105 Å². The molecule has 3 aromatic rings. The van der Waals surface area contributed by atoms with E-state index in [1.807, 2.05) is 30.3 Å². The van der Waals surface area contributed by atoms with Crippen molar-refractivity contribution in [1.82, 2.24) is 0 Å². The summed E-state index contributed by atoms with van der Waals surface area (Å²) >= 11 is 1.71. The lowest BCUT2D eigenvalue weighted by molar-refractivity contribution is -0.137. The van der Waals surface area contributed by atoms with Crippen LogP contribution in [0.4, 0.5) is 5.69 Å². The molecule has 39 heavy (non-hydrogen) atoms. The number of ether oxygens (including phenoxy) is 1. The third-order valence-corrected chi connectivity index (χ3v) is 9.73. The average molecular weight is 567 g/mol. The Hall–Kier alpha value is -3.30. The SMILES string of the molecule is COc1ccc(NC2=NC(C)(C)CS2)cc1CCc1ccc(S(=O)(=O)C[C@@H](CC(=O)O)c2ccccc2)cc1. The number of aliphatic imine (C=N–C) groups is 1. The smallest absolute Gasteiger partial charge is 0.303 e. The number of benzene rings is 3. The zero-order valence-corrected chi connectivity index (χ0v) is 24.0. The van der Waals surface area contributed by atoms with Crippen LogP contribution < -0.4 is 10.1 Å². The van der Waals surface area contributed by atoms with Crippen LogP contribution in [0, 0.1) is 0 Å². The van der Waals surface area contributed by atoms with E-state index in [1.165, 1.54) is 0 Å². The van der Waals surface area contributed by atoms with Crippen LogP contribution in [-0.2, 0) is 27.5 Å². The second-order valence-electron chi connectivity index (χ2n) is 10.3. The Morgan fingerprint density at radius 3 is 2.41 bits per heavy atom. The van der Waals surface area contributed by atoms with Gasteiger partial charge in [-0.15, -0.1) is 0 Å². The molecule has 0 aromatic heterocycles. The Kier molecular flexibility index (Phi) is 9.02. The predicted molar refractivity (Wildman–Crippen MR) is 158 cm³/mol. The summed E-state index contributed by atoms with van der Waals surface area (Å²) in [4.78, 5) is 16.3. The highest BCUT2D eigenvalue weighted by Gasteiger charge is 2.26. The van der Waals surface area contributed by atoms with Crippen LogP contribution in [0.2, 0.25) is 0 Å². The molecule has 4 rings (SSSR count). The Bertz CT molecular complexity index is 1440. The second-order valence-corrected chi connectivity index (χ2v) is 13.3. The summed E-state index contributed by atoms with van der Waals surface area (Å²) in [6.07, 6.45) is 1.17. The first kappa shape index (κ1) is 28.7. The van der Waals surface area contributed by atoms with Crippen molar-refractivity contribution in [2.45, 2.75) is 49.5 Å². The molecule has 1 atom stereocenters. The fraction of sp³-hybridized carbons (Fsp3) is 0.333. The average Bonchev–Trinajstić information content (AvgIpc) is 3.25. The van der Waals surface area contributed by atoms with Gasteiger partial charge in [-0.25, -0.2) is 8.42 Å². The van der Waals surface area contributed by atoms with E-state index in [4.69, 9.17) is 9.73 Å². The molecule has 1 heterocycles. The third-order valence-electron chi connectivity index (χ3n) is 6.58. The fourth-order valence-electron chi connectivity index (χ4n) is 4.54. The van der Waals surface area contributed by atoms with Crippen molar-refractivity contribution in [3.05, 3.63) is 89.5 Å². The quantitative estimate of drug-likeness (QED) is 0.302. The second kappa shape index (κ2) is 12.3. The molecule has 1 aliphatic heterocycles. The third kappa shape index (κ3) is 7.86. The summed E-state index contributed by atoms with van der Waals surface area (Å²) in [5, 5.41) is 13.6. The monoisotopic (exact) mass is 566 g/mol. The number of rotatable bonds is 11. The van der Waals surface area contributed by atoms with E-state index in [2.05, 4.69) is 25.2 Å². The van der Waals surface area contributed by atoms with Crippen LogP contribution in [0.5, 0.6) is 5.75 Å². The molecule has 0 fully saturated rings. The Balaban J connectivity index is 1.43. The van der Waals surface area contributed by atoms with E-state index < -0.39 is 21.7 Å². The first-order valence-electron chi connectivity index (χ1n) is 12.8. The van der Waals surface area contributed by atoms with Crippen LogP contribution >= 0.6 is 11.8 Å². The number of methoxy groups -OCH3 is 1. The lowest BCUT2D eigenvalue weighted by Gasteiger charge is -2.16. The van der Waals surface area contributed by atoms with Gasteiger partial charge in [-0.1, -0.05) is 54.2 Å². The van der Waals surface area contributed by atoms with Crippen molar-refractivity contribution in [1.29, 1.82) is 0 Å². The molecule has 0 amide bonds. The summed E-state index contributed by atoms with van der Waals surface area (Å²) < 4.78 is 31.9. The molecule has 206 valence electrons. The zero-order chi connectivity index (χ0) is 28.0. The number of carbonyl (C=O) groups is 1. The molecule has 0 aliphatic carbocycles. The number of anilines is 1. The van der Waals surface area contributed by atoms with E-state index in [-0.39, 0.29) is 22.6 Å². The number of carboxylic acids is 1. The van der Waals surface area contributed by atoms with Gasteiger partial charge in [-0.3, -0.25) is 9.79 Å². The van der Waals surface area contributed by atoms with Crippen LogP contribution in [0.15, 0.2) is 82.7 Å². The zero-order valence-electron chi connectivity index (χ0n) is 22.4. The van der Waals surface area contributed by atoms with Gasteiger partial charge in [0.25, 0.3) is 0 Å². The maximum atomic E-state index is 13.2. The van der Waals surface area contributed by atoms with Crippen molar-refractivity contribution in [3.8, 4) is 5.75 Å². The molecule has 7 nitrogen and oxygen atoms in total. The molecule has 9 heteroatoms. The highest BCUT2D eigenvalue weighted by Crippen LogP contribution is 2.30. The maximum absolute atomic E-state index is 13.2. The normalized spacial score (nSPS) is 15.4. The number of carboxylic acid groups (broad SMARTS) is 1. The van der Waals surface area contributed by atoms with Gasteiger partial charge in [-0.05, 0) is 73.7 Å². The molecule has 2 N–H and O–H groups in total. The minimum Gasteiger partial charge on any atom is -0.496 e. The molecular weight excluding hydrogens is 532 g/mol. The fourth-order valence-corrected chi connectivity index (χ4v) is 7.18. The van der Waals surface area contributed by atoms with E-state index in [9.17, 15) is 18.3 Å². The number of hydrogen-bond donors (Lipinski definition) is 2. The molecule has 0 radical (unpaired) electrons. The van der Waals surface area contributed by atoms with E-state index in [1.54, 1.807) is 55.3 Å². The molecule has 0 saturated heterocycles. The van der Waals surface area contributed by atoms with Gasteiger partial charge in [0.2, 0.25) is 0 Å². The first-order valence-corrected chi connectivity index (χ1v) is 15.4. The summed E-state index contributed by atoms with van der Waals surface area (Å²) in [5.41, 5.74) is 3.62. The Labute approximate surface area is 234 Å². The van der Waals surface area contributed by atoms with Crippen molar-refractivity contribution in [3.63, 3.8) is 0 Å². The van der Waals surface area contributed by atoms with Gasteiger partial charge >= 0.3 is 5.97 Å². The van der Waals surface area contributed by atoms with Gasteiger partial charge in [0.15, 0.2) is 15.0 Å². The summed E-state index contributed by atoms with van der Waals surface area (Å²) in [5.74, 6) is -0.174. The van der Waals surface area contributed by atoms with Crippen molar-refractivity contribution in [2.24, 2.45) is 4.99 Å². The van der Waals surface area contributed by atoms with E-state index >= 15 is 0 Å². The Morgan fingerprint density at radius 2 is 1.79 bits per heavy atom. The summed E-state index contributed by atoms with van der Waals surface area (Å²) in [6, 6.07) is 21.8. The minimum atomic E-state index is -3.68. The predicted octanol–water partition coefficient (Wildman–Crippen LogP) is 5.81. The number of thioether (sulfide) groups is 1. The standard InChI is InChI=1S/C30H34N2O5S2/c1-30(2)20-38-29(32-30)31-25-13-16-27(37-3)23(17-25)12-9-21-10-14-26(15-11-21)39(35,36)19-24(18-28(33)34)22-7-5-4-6-8-22/h4-8,10-11,13-17,24H,9,12,18-20H2,1-3H3,(H,31,32)(H,33,34)/t24-/m1/s1. The highest BCUT2D eigenvalue weighted by molar-refractivity contribution is 8.14. The molecule has 1 aliphatic rings. The van der Waals surface area contributed by atoms with Crippen molar-refractivity contribution in [2.75, 3.05) is 23.9 Å². The van der Waals surface area contributed by atoms with Crippen LogP contribution in [0.3, 0.4) is 0 Å². The van der Waals surface area contributed by atoms with Crippen LogP contribution in [-0.4, -0.2) is 48.8 Å². The molecule has 0 saturated carbocycles. The number of nitrogens with zero attached hydrogens (tertiary/aromatic N) is 1. The van der Waals surface area contributed by atoms with E-state index in [0.717, 1.165) is 33.5 Å². The van der Waals surface area contributed by atoms with Gasteiger partial charge in [0.05, 0.1) is 29.7 Å². The lowest BCUT2D eigenvalue weighted by Crippen LogP contribution is -2.18. The molecule has 0 spiro atoms. The molecule has 3 aromatic carbocycles. The molecule has 0 unspecified atom stereocenters.